The molecule has 0 spiro atoms. The number of anilines is 1. The summed E-state index contributed by atoms with van der Waals surface area (Å²) in [4.78, 5) is 39.0. The van der Waals surface area contributed by atoms with E-state index in [1.807, 2.05) is 49.4 Å². The Hall–Kier alpha value is -5.43. The predicted octanol–water partition coefficient (Wildman–Crippen LogP) is 6.40. The van der Waals surface area contributed by atoms with Crippen LogP contribution in [-0.4, -0.2) is 31.3 Å². The summed E-state index contributed by atoms with van der Waals surface area (Å²) in [6.07, 6.45) is 4.77. The number of hydrogen-bond donors (Lipinski definition) is 2. The van der Waals surface area contributed by atoms with Crippen molar-refractivity contribution in [3.8, 4) is 11.5 Å². The number of ketones is 1. The van der Waals surface area contributed by atoms with Gasteiger partial charge in [-0.25, -0.2) is 0 Å². The molecule has 0 atom stereocenters. The molecule has 4 rings (SSSR count). The van der Waals surface area contributed by atoms with Gasteiger partial charge in [-0.3, -0.25) is 14.4 Å². The van der Waals surface area contributed by atoms with Crippen molar-refractivity contribution in [1.29, 1.82) is 0 Å². The van der Waals surface area contributed by atoms with Crippen molar-refractivity contribution in [2.24, 2.45) is 0 Å². The van der Waals surface area contributed by atoms with Gasteiger partial charge >= 0.3 is 0 Å². The molecule has 0 saturated heterocycles. The molecule has 0 fully saturated rings. The van der Waals surface area contributed by atoms with Crippen LogP contribution in [0, 0.1) is 0 Å². The van der Waals surface area contributed by atoms with Gasteiger partial charge in [0.25, 0.3) is 11.8 Å². The molecule has 0 bridgehead atoms. The Morgan fingerprint density at radius 2 is 1.54 bits per heavy atom. The second-order valence-electron chi connectivity index (χ2n) is 8.85. The third-order valence-corrected chi connectivity index (χ3v) is 6.00. The molecule has 0 aromatic heterocycles. The highest BCUT2D eigenvalue weighted by atomic mass is 16.5. The molecule has 0 saturated carbocycles. The topological polar surface area (TPSA) is 93.7 Å². The van der Waals surface area contributed by atoms with Crippen LogP contribution in [0.15, 0.2) is 115 Å². The second-order valence-corrected chi connectivity index (χ2v) is 8.85. The number of benzene rings is 4. The van der Waals surface area contributed by atoms with E-state index >= 15 is 0 Å². The zero-order valence-electron chi connectivity index (χ0n) is 22.8. The number of allylic oxidation sites excluding steroid dienone is 1. The molecular weight excluding hydrogens is 516 g/mol. The standard InChI is InChI=1S/C34H30N2O5/c1-3-41-32-15-8-7-13-27(32)23-30(36-33(38)26-11-5-4-6-12-26)34(39)35-28-19-17-25(18-20-28)31(37)21-16-24-10-9-14-29(22-24)40-2/h4-23H,3H2,1-2H3,(H,35,39)(H,36,38)/b21-16+,30-23-. The van der Waals surface area contributed by atoms with Crippen LogP contribution in [0.2, 0.25) is 0 Å². The highest BCUT2D eigenvalue weighted by Crippen LogP contribution is 2.22. The van der Waals surface area contributed by atoms with E-state index < -0.39 is 11.8 Å². The van der Waals surface area contributed by atoms with Crippen LogP contribution in [0.25, 0.3) is 12.2 Å². The maximum absolute atomic E-state index is 13.4. The Balaban J connectivity index is 1.52. The molecule has 206 valence electrons. The van der Waals surface area contributed by atoms with Crippen molar-refractivity contribution in [1.82, 2.24) is 5.32 Å². The van der Waals surface area contributed by atoms with Gasteiger partial charge < -0.3 is 20.1 Å². The molecule has 4 aromatic carbocycles. The van der Waals surface area contributed by atoms with Gasteiger partial charge in [-0.2, -0.15) is 0 Å². The largest absolute Gasteiger partial charge is 0.497 e. The van der Waals surface area contributed by atoms with Gasteiger partial charge in [0.15, 0.2) is 5.78 Å². The van der Waals surface area contributed by atoms with Crippen molar-refractivity contribution in [3.05, 3.63) is 137 Å². The average Bonchev–Trinajstić information content (AvgIpc) is 3.01. The summed E-state index contributed by atoms with van der Waals surface area (Å²) in [6.45, 7) is 2.32. The van der Waals surface area contributed by atoms with E-state index in [0.717, 1.165) is 5.56 Å². The Bertz CT molecular complexity index is 1570. The monoisotopic (exact) mass is 546 g/mol. The van der Waals surface area contributed by atoms with Crippen molar-refractivity contribution in [2.45, 2.75) is 6.92 Å². The lowest BCUT2D eigenvalue weighted by molar-refractivity contribution is -0.113. The first-order valence-corrected chi connectivity index (χ1v) is 13.0. The molecule has 41 heavy (non-hydrogen) atoms. The zero-order chi connectivity index (χ0) is 29.0. The number of ether oxygens (including phenoxy) is 2. The van der Waals surface area contributed by atoms with Crippen molar-refractivity contribution in [3.63, 3.8) is 0 Å². The SMILES string of the molecule is CCOc1ccccc1/C=C(\NC(=O)c1ccccc1)C(=O)Nc1ccc(C(=O)/C=C/c2cccc(OC)c2)cc1. The summed E-state index contributed by atoms with van der Waals surface area (Å²) < 4.78 is 10.9. The summed E-state index contributed by atoms with van der Waals surface area (Å²) in [7, 11) is 1.59. The van der Waals surface area contributed by atoms with Gasteiger partial charge in [-0.15, -0.1) is 0 Å². The molecule has 2 N–H and O–H groups in total. The van der Waals surface area contributed by atoms with E-state index in [4.69, 9.17) is 9.47 Å². The minimum atomic E-state index is -0.530. The lowest BCUT2D eigenvalue weighted by atomic mass is 10.1. The van der Waals surface area contributed by atoms with Crippen LogP contribution in [0.5, 0.6) is 11.5 Å². The maximum atomic E-state index is 13.4. The summed E-state index contributed by atoms with van der Waals surface area (Å²) >= 11 is 0. The number of carbonyl (C=O) groups excluding carboxylic acids is 3. The van der Waals surface area contributed by atoms with Gasteiger partial charge in [0.05, 0.1) is 13.7 Å². The van der Waals surface area contributed by atoms with Gasteiger partial charge in [-0.1, -0.05) is 54.6 Å². The van der Waals surface area contributed by atoms with Gasteiger partial charge in [0, 0.05) is 22.4 Å². The normalized spacial score (nSPS) is 11.1. The van der Waals surface area contributed by atoms with E-state index in [2.05, 4.69) is 10.6 Å². The molecule has 4 aromatic rings. The molecule has 7 heteroatoms. The first kappa shape index (κ1) is 28.6. The Morgan fingerprint density at radius 3 is 2.27 bits per heavy atom. The highest BCUT2D eigenvalue weighted by molar-refractivity contribution is 6.11. The lowest BCUT2D eigenvalue weighted by Crippen LogP contribution is -2.30. The summed E-state index contributed by atoms with van der Waals surface area (Å²) in [5.74, 6) is 0.143. The number of rotatable bonds is 11. The Kier molecular flexibility index (Phi) is 9.82. The number of carbonyl (C=O) groups is 3. The van der Waals surface area contributed by atoms with E-state index in [-0.39, 0.29) is 11.5 Å². The first-order valence-electron chi connectivity index (χ1n) is 13.0. The lowest BCUT2D eigenvalue weighted by Gasteiger charge is -2.13. The fraction of sp³-hybridized carbons (Fsp3) is 0.0882. The van der Waals surface area contributed by atoms with Crippen LogP contribution in [0.3, 0.4) is 0 Å². The second kappa shape index (κ2) is 14.1. The Morgan fingerprint density at radius 1 is 0.805 bits per heavy atom. The number of para-hydroxylation sites is 1. The molecule has 0 heterocycles. The zero-order valence-corrected chi connectivity index (χ0v) is 22.8. The van der Waals surface area contributed by atoms with Crippen LogP contribution >= 0.6 is 0 Å². The van der Waals surface area contributed by atoms with E-state index in [1.54, 1.807) is 79.9 Å². The minimum absolute atomic E-state index is 0.0346. The molecule has 0 aliphatic rings. The van der Waals surface area contributed by atoms with E-state index in [9.17, 15) is 14.4 Å². The average molecular weight is 547 g/mol. The summed E-state index contributed by atoms with van der Waals surface area (Å²) in [5, 5.41) is 5.52. The quantitative estimate of drug-likeness (QED) is 0.168. The molecule has 2 amide bonds. The fourth-order valence-corrected chi connectivity index (χ4v) is 3.91. The van der Waals surface area contributed by atoms with Crippen LogP contribution < -0.4 is 20.1 Å². The predicted molar refractivity (Wildman–Crippen MR) is 161 cm³/mol. The molecule has 0 aliphatic heterocycles. The molecular formula is C34H30N2O5. The van der Waals surface area contributed by atoms with Crippen molar-refractivity contribution >= 4 is 35.4 Å². The summed E-state index contributed by atoms with van der Waals surface area (Å²) in [5.41, 5.74) is 2.84. The molecule has 7 nitrogen and oxygen atoms in total. The van der Waals surface area contributed by atoms with Crippen molar-refractivity contribution in [2.75, 3.05) is 19.0 Å². The minimum Gasteiger partial charge on any atom is -0.497 e. The first-order chi connectivity index (χ1) is 20.0. The number of amides is 2. The third kappa shape index (κ3) is 8.03. The number of hydrogen-bond acceptors (Lipinski definition) is 5. The third-order valence-electron chi connectivity index (χ3n) is 6.00. The number of methoxy groups -OCH3 is 1. The van der Waals surface area contributed by atoms with Crippen LogP contribution in [0.4, 0.5) is 5.69 Å². The van der Waals surface area contributed by atoms with Crippen LogP contribution in [-0.2, 0) is 4.79 Å². The smallest absolute Gasteiger partial charge is 0.272 e. The highest BCUT2D eigenvalue weighted by Gasteiger charge is 2.16. The van der Waals surface area contributed by atoms with Gasteiger partial charge in [0.1, 0.15) is 17.2 Å². The number of nitrogens with one attached hydrogen (secondary N) is 2. The molecule has 0 unspecified atom stereocenters. The molecule has 0 aliphatic carbocycles. The van der Waals surface area contributed by atoms with Crippen LogP contribution in [0.1, 0.15) is 38.8 Å². The maximum Gasteiger partial charge on any atom is 0.272 e. The van der Waals surface area contributed by atoms with Gasteiger partial charge in [-0.05, 0) is 79.2 Å². The van der Waals surface area contributed by atoms with Crippen molar-refractivity contribution < 1.29 is 23.9 Å². The Labute approximate surface area is 239 Å². The van der Waals surface area contributed by atoms with Gasteiger partial charge in [0.2, 0.25) is 0 Å². The van der Waals surface area contributed by atoms with E-state index in [1.165, 1.54) is 6.08 Å². The molecule has 0 radical (unpaired) electrons. The fourth-order valence-electron chi connectivity index (χ4n) is 3.91. The van der Waals surface area contributed by atoms with E-state index in [0.29, 0.717) is 40.5 Å². The summed E-state index contributed by atoms with van der Waals surface area (Å²) in [6, 6.07) is 29.8.